The summed E-state index contributed by atoms with van der Waals surface area (Å²) in [6, 6.07) is 48.4. The number of nitrogens with one attached hydrogen (secondary N) is 2. The summed E-state index contributed by atoms with van der Waals surface area (Å²) in [5, 5.41) is 12.4. The number of β-lactam (4-membered cyclic amide) rings is 1. The SMILES string of the molecule is CON=C(C(=O)NC1C(=O)N2C(C(=O)OC(c3ccccc3)c3ccccc3)=C(C=Cc3scnc3C)CS[C@H]12)c1csc(NC(c2ccccc2)(c2ccccc2)c2ccccc2)n1. The van der Waals surface area contributed by atoms with Crippen LogP contribution in [0.4, 0.5) is 5.13 Å². The van der Waals surface area contributed by atoms with E-state index >= 15 is 0 Å². The molecular weight excluding hydrogens is 873 g/mol. The Balaban J connectivity index is 0.993. The Labute approximate surface area is 388 Å². The number of allylic oxidation sites excluding steroid dienone is 1. The molecule has 7 aromatic rings. The van der Waals surface area contributed by atoms with E-state index in [4.69, 9.17) is 14.6 Å². The van der Waals surface area contributed by atoms with Gasteiger partial charge in [-0.2, -0.15) is 0 Å². The van der Waals surface area contributed by atoms with Crippen LogP contribution >= 0.6 is 34.4 Å². The summed E-state index contributed by atoms with van der Waals surface area (Å²) in [4.78, 5) is 59.9. The molecule has 1 unspecified atom stereocenters. The van der Waals surface area contributed by atoms with Crippen LogP contribution in [0.5, 0.6) is 0 Å². The second-order valence-electron chi connectivity index (χ2n) is 15.1. The number of carbonyl (C=O) groups is 3. The molecule has 1 fully saturated rings. The standard InChI is InChI=1S/C51H42N6O5S3/c1-33-41(65-32-52-33)29-28-36-30-63-48-43(47(59)57(48)44(36)49(60)62-45(34-18-8-3-9-19-34)35-20-10-4-11-21-35)54-46(58)42(56-61-2)40-31-64-50(53-40)55-51(37-22-12-5-13-23-37,38-24-14-6-15-25-38)39-26-16-7-17-27-39/h3-29,31-32,43,45,48H,30H2,1-2H3,(H,53,55)(H,54,58)/t43?,48-/m1/s1. The summed E-state index contributed by atoms with van der Waals surface area (Å²) in [6.07, 6.45) is 3.01. The lowest BCUT2D eigenvalue weighted by Gasteiger charge is -2.49. The van der Waals surface area contributed by atoms with Crippen LogP contribution in [0.1, 0.15) is 50.2 Å². The maximum Gasteiger partial charge on any atom is 0.356 e. The molecule has 14 heteroatoms. The topological polar surface area (TPSA) is 135 Å². The third-order valence-electron chi connectivity index (χ3n) is 11.2. The van der Waals surface area contributed by atoms with Crippen LogP contribution in [0.25, 0.3) is 6.08 Å². The number of thioether (sulfide) groups is 1. The molecule has 1 saturated heterocycles. The fourth-order valence-electron chi connectivity index (χ4n) is 8.04. The van der Waals surface area contributed by atoms with E-state index < -0.39 is 40.8 Å². The predicted molar refractivity (Wildman–Crippen MR) is 257 cm³/mol. The predicted octanol–water partition coefficient (Wildman–Crippen LogP) is 9.36. The van der Waals surface area contributed by atoms with Gasteiger partial charge in [0.05, 0.1) is 11.2 Å². The lowest BCUT2D eigenvalue weighted by Crippen LogP contribution is -2.71. The second-order valence-corrected chi connectivity index (χ2v) is 18.0. The van der Waals surface area contributed by atoms with Crippen molar-refractivity contribution in [3.05, 3.63) is 224 Å². The number of oxime groups is 1. The van der Waals surface area contributed by atoms with Crippen LogP contribution in [-0.2, 0) is 29.5 Å². The first-order valence-corrected chi connectivity index (χ1v) is 23.6. The molecule has 2 atom stereocenters. The number of aryl methyl sites for hydroxylation is 1. The Morgan fingerprint density at radius 2 is 1.35 bits per heavy atom. The third kappa shape index (κ3) is 8.75. The van der Waals surface area contributed by atoms with Crippen LogP contribution < -0.4 is 10.6 Å². The van der Waals surface area contributed by atoms with Gasteiger partial charge >= 0.3 is 5.97 Å². The Morgan fingerprint density at radius 3 is 1.88 bits per heavy atom. The van der Waals surface area contributed by atoms with E-state index in [2.05, 4.69) is 57.2 Å². The largest absolute Gasteiger partial charge is 0.448 e. The number of anilines is 1. The van der Waals surface area contributed by atoms with Crippen molar-refractivity contribution >= 4 is 69.1 Å². The summed E-state index contributed by atoms with van der Waals surface area (Å²) in [5.41, 5.74) is 7.16. The number of aromatic nitrogens is 2. The van der Waals surface area contributed by atoms with Crippen LogP contribution in [0.15, 0.2) is 185 Å². The highest BCUT2D eigenvalue weighted by atomic mass is 32.2. The summed E-state index contributed by atoms with van der Waals surface area (Å²) < 4.78 is 6.34. The average molecular weight is 915 g/mol. The zero-order chi connectivity index (χ0) is 44.8. The van der Waals surface area contributed by atoms with E-state index in [1.54, 1.807) is 10.9 Å². The number of hydrogen-bond acceptors (Lipinski definition) is 12. The molecule has 2 N–H and O–H groups in total. The molecule has 0 saturated carbocycles. The number of amides is 2. The molecule has 2 aromatic heterocycles. The van der Waals surface area contributed by atoms with Crippen molar-refractivity contribution in [3.63, 3.8) is 0 Å². The van der Waals surface area contributed by atoms with E-state index in [0.717, 1.165) is 38.4 Å². The van der Waals surface area contributed by atoms with Gasteiger partial charge in [0.2, 0.25) is 0 Å². The number of esters is 1. The van der Waals surface area contributed by atoms with Gasteiger partial charge in [0.15, 0.2) is 16.9 Å². The highest BCUT2D eigenvalue weighted by Crippen LogP contribution is 2.43. The van der Waals surface area contributed by atoms with Gasteiger partial charge in [-0.1, -0.05) is 163 Å². The van der Waals surface area contributed by atoms with Gasteiger partial charge in [-0.15, -0.1) is 34.4 Å². The molecule has 0 bridgehead atoms. The minimum atomic E-state index is -0.983. The van der Waals surface area contributed by atoms with Gasteiger partial charge in [0.25, 0.3) is 11.8 Å². The lowest BCUT2D eigenvalue weighted by atomic mass is 9.77. The van der Waals surface area contributed by atoms with Gasteiger partial charge < -0.3 is 20.2 Å². The zero-order valence-electron chi connectivity index (χ0n) is 35.2. The Morgan fingerprint density at radius 1 is 0.800 bits per heavy atom. The van der Waals surface area contributed by atoms with E-state index in [-0.39, 0.29) is 17.1 Å². The average Bonchev–Trinajstić information content (AvgIpc) is 4.01. The number of hydrogen-bond donors (Lipinski definition) is 2. The van der Waals surface area contributed by atoms with Crippen molar-refractivity contribution in [1.29, 1.82) is 0 Å². The molecule has 0 radical (unpaired) electrons. The maximum atomic E-state index is 14.5. The van der Waals surface area contributed by atoms with E-state index in [1.165, 1.54) is 46.4 Å². The van der Waals surface area contributed by atoms with Crippen LogP contribution in [0.3, 0.4) is 0 Å². The molecule has 65 heavy (non-hydrogen) atoms. The molecule has 324 valence electrons. The molecule has 2 amide bonds. The van der Waals surface area contributed by atoms with Gasteiger partial charge in [-0.25, -0.2) is 14.8 Å². The fraction of sp³-hybridized carbons (Fsp3) is 0.137. The number of thiazole rings is 2. The van der Waals surface area contributed by atoms with Crippen molar-refractivity contribution < 1.29 is 24.0 Å². The molecule has 9 rings (SSSR count). The Kier molecular flexibility index (Phi) is 12.8. The number of rotatable bonds is 15. The summed E-state index contributed by atoms with van der Waals surface area (Å²) in [7, 11) is 1.35. The highest BCUT2D eigenvalue weighted by molar-refractivity contribution is 8.00. The number of nitrogens with zero attached hydrogens (tertiary/aromatic N) is 4. The first kappa shape index (κ1) is 43.1. The summed E-state index contributed by atoms with van der Waals surface area (Å²) >= 11 is 4.23. The molecule has 4 heterocycles. The van der Waals surface area contributed by atoms with Gasteiger partial charge in [-0.3, -0.25) is 14.5 Å². The van der Waals surface area contributed by atoms with Crippen LogP contribution in [0.2, 0.25) is 0 Å². The van der Waals surface area contributed by atoms with Crippen molar-refractivity contribution in [2.75, 3.05) is 18.2 Å². The number of ether oxygens (including phenoxy) is 1. The lowest BCUT2D eigenvalue weighted by molar-refractivity contribution is -0.154. The summed E-state index contributed by atoms with van der Waals surface area (Å²) in [5.74, 6) is -1.41. The number of benzene rings is 5. The molecule has 5 aromatic carbocycles. The Bertz CT molecular complexity index is 2750. The van der Waals surface area contributed by atoms with Gasteiger partial charge in [0.1, 0.15) is 35.5 Å². The minimum Gasteiger partial charge on any atom is -0.448 e. The van der Waals surface area contributed by atoms with Crippen molar-refractivity contribution in [3.8, 4) is 0 Å². The maximum absolute atomic E-state index is 14.5. The molecule has 0 aliphatic carbocycles. The van der Waals surface area contributed by atoms with Crippen molar-refractivity contribution in [2.45, 2.75) is 30.0 Å². The first-order chi connectivity index (χ1) is 31.9. The fourth-order valence-corrected chi connectivity index (χ4v) is 10.8. The zero-order valence-corrected chi connectivity index (χ0v) is 37.7. The van der Waals surface area contributed by atoms with Crippen LogP contribution in [-0.4, -0.2) is 62.6 Å². The first-order valence-electron chi connectivity index (χ1n) is 20.7. The molecule has 0 spiro atoms. The second kappa shape index (κ2) is 19.3. The van der Waals surface area contributed by atoms with Gasteiger partial charge in [-0.05, 0) is 46.4 Å². The molecular formula is C51H42N6O5S3. The van der Waals surface area contributed by atoms with Crippen molar-refractivity contribution in [1.82, 2.24) is 20.2 Å². The molecule has 2 aliphatic rings. The highest BCUT2D eigenvalue weighted by Gasteiger charge is 2.55. The normalized spacial score (nSPS) is 16.3. The molecule has 11 nitrogen and oxygen atoms in total. The monoisotopic (exact) mass is 914 g/mol. The van der Waals surface area contributed by atoms with E-state index in [0.29, 0.717) is 16.5 Å². The van der Waals surface area contributed by atoms with E-state index in [9.17, 15) is 14.4 Å². The minimum absolute atomic E-state index is 0.110. The van der Waals surface area contributed by atoms with Crippen molar-refractivity contribution in [2.24, 2.45) is 5.16 Å². The smallest absolute Gasteiger partial charge is 0.356 e. The molecule has 2 aliphatic heterocycles. The van der Waals surface area contributed by atoms with E-state index in [1.807, 2.05) is 134 Å². The van der Waals surface area contributed by atoms with Gasteiger partial charge in [0, 0.05) is 16.0 Å². The van der Waals surface area contributed by atoms with Crippen LogP contribution in [0, 0.1) is 6.92 Å². The Hall–Kier alpha value is -7.13. The number of fused-ring (bicyclic) bond motifs is 1. The number of carbonyl (C=O) groups excluding carboxylic acids is 3. The summed E-state index contributed by atoms with van der Waals surface area (Å²) in [6.45, 7) is 1.92. The quantitative estimate of drug-likeness (QED) is 0.0339. The third-order valence-corrected chi connectivity index (χ3v) is 14.1.